The van der Waals surface area contributed by atoms with Gasteiger partial charge < -0.3 is 0 Å². The van der Waals surface area contributed by atoms with Gasteiger partial charge in [0, 0.05) is 0 Å². The van der Waals surface area contributed by atoms with E-state index >= 15 is 0 Å². The summed E-state index contributed by atoms with van der Waals surface area (Å²) >= 11 is 0. The molecule has 0 nitrogen and oxygen atoms in total. The van der Waals surface area contributed by atoms with Crippen LogP contribution in [0.2, 0.25) is 0 Å². The van der Waals surface area contributed by atoms with Crippen LogP contribution in [0.15, 0.2) is 12.2 Å². The van der Waals surface area contributed by atoms with Gasteiger partial charge in [-0.2, -0.15) is 0 Å². The molecule has 0 heteroatoms. The molecule has 1 atom stereocenters. The number of hydrogen-bond donors (Lipinski definition) is 0. The van der Waals surface area contributed by atoms with Gasteiger partial charge in [-0.3, -0.25) is 0 Å². The Labute approximate surface area is 58.0 Å². The fraction of sp³-hybridized carbons (Fsp3) is 0.778. The Morgan fingerprint density at radius 3 is 2.67 bits per heavy atom. The third-order valence-electron chi connectivity index (χ3n) is 2.17. The second-order valence-corrected chi connectivity index (χ2v) is 3.12. The molecule has 0 aromatic heterocycles. The largest absolute Gasteiger partial charge is 0.0917 e. The summed E-state index contributed by atoms with van der Waals surface area (Å²) in [6, 6.07) is 0. The first-order valence-corrected chi connectivity index (χ1v) is 3.95. The summed E-state index contributed by atoms with van der Waals surface area (Å²) in [5.74, 6) is 2.02. The molecule has 1 unspecified atom stereocenters. The first-order chi connectivity index (χ1) is 4.34. The third-order valence-corrected chi connectivity index (χ3v) is 2.17. The van der Waals surface area contributed by atoms with Gasteiger partial charge in [0.25, 0.3) is 0 Å². The van der Waals surface area contributed by atoms with E-state index in [4.69, 9.17) is 0 Å². The van der Waals surface area contributed by atoms with Gasteiger partial charge in [0.1, 0.15) is 0 Å². The minimum Gasteiger partial charge on any atom is -0.0917 e. The van der Waals surface area contributed by atoms with Crippen molar-refractivity contribution in [1.29, 1.82) is 0 Å². The van der Waals surface area contributed by atoms with E-state index in [0.717, 1.165) is 11.8 Å². The molecule has 0 aromatic rings. The molecule has 0 amide bonds. The van der Waals surface area contributed by atoms with Crippen LogP contribution in [-0.4, -0.2) is 0 Å². The molecule has 1 fully saturated rings. The first-order valence-electron chi connectivity index (χ1n) is 3.95. The van der Waals surface area contributed by atoms with Crippen LogP contribution >= 0.6 is 0 Å². The Balaban J connectivity index is 2.10. The Bertz CT molecular complexity index is 98.6. The van der Waals surface area contributed by atoms with Crippen molar-refractivity contribution < 1.29 is 0 Å². The Hall–Kier alpha value is -0.260. The molecule has 52 valence electrons. The van der Waals surface area contributed by atoms with Gasteiger partial charge in [-0.1, -0.05) is 19.1 Å². The number of rotatable bonds is 3. The van der Waals surface area contributed by atoms with Crippen LogP contribution in [0, 0.1) is 11.8 Å². The smallest absolute Gasteiger partial charge is 0.0322 e. The van der Waals surface area contributed by atoms with E-state index in [1.54, 1.807) is 0 Å². The summed E-state index contributed by atoms with van der Waals surface area (Å²) in [5, 5.41) is 0. The molecule has 1 aliphatic carbocycles. The summed E-state index contributed by atoms with van der Waals surface area (Å²) in [6.07, 6.45) is 8.69. The Morgan fingerprint density at radius 1 is 1.56 bits per heavy atom. The van der Waals surface area contributed by atoms with Crippen LogP contribution in [0.3, 0.4) is 0 Å². The van der Waals surface area contributed by atoms with Gasteiger partial charge >= 0.3 is 0 Å². The molecule has 1 saturated carbocycles. The fourth-order valence-corrected chi connectivity index (χ4v) is 1.21. The second-order valence-electron chi connectivity index (χ2n) is 3.12. The molecule has 0 heterocycles. The van der Waals surface area contributed by atoms with Gasteiger partial charge in [-0.25, -0.2) is 0 Å². The predicted molar refractivity (Wildman–Crippen MR) is 41.3 cm³/mol. The lowest BCUT2D eigenvalue weighted by atomic mass is 10.0. The quantitative estimate of drug-likeness (QED) is 0.507. The van der Waals surface area contributed by atoms with Gasteiger partial charge in [0.2, 0.25) is 0 Å². The summed E-state index contributed by atoms with van der Waals surface area (Å²) < 4.78 is 0. The van der Waals surface area contributed by atoms with E-state index in [2.05, 4.69) is 26.0 Å². The lowest BCUT2D eigenvalue weighted by Gasteiger charge is -2.03. The standard InChI is InChI=1S/C9H16/c1-3-4-5-8(2)9-6-7-9/h3-4,8-9H,5-7H2,1-2H3. The normalized spacial score (nSPS) is 22.9. The van der Waals surface area contributed by atoms with E-state index in [-0.39, 0.29) is 0 Å². The molecular formula is C9H16. The minimum absolute atomic E-state index is 0.946. The molecule has 0 radical (unpaired) electrons. The topological polar surface area (TPSA) is 0 Å². The Morgan fingerprint density at radius 2 is 2.22 bits per heavy atom. The van der Waals surface area contributed by atoms with E-state index in [0.29, 0.717) is 0 Å². The second kappa shape index (κ2) is 3.05. The van der Waals surface area contributed by atoms with E-state index < -0.39 is 0 Å². The van der Waals surface area contributed by atoms with Crippen molar-refractivity contribution in [3.05, 3.63) is 12.2 Å². The average molecular weight is 124 g/mol. The maximum atomic E-state index is 2.36. The van der Waals surface area contributed by atoms with Crippen LogP contribution in [0.4, 0.5) is 0 Å². The number of hydrogen-bond acceptors (Lipinski definition) is 0. The van der Waals surface area contributed by atoms with Crippen LogP contribution in [-0.2, 0) is 0 Å². The molecule has 9 heavy (non-hydrogen) atoms. The van der Waals surface area contributed by atoms with Crippen LogP contribution in [0.1, 0.15) is 33.1 Å². The first kappa shape index (κ1) is 6.85. The monoisotopic (exact) mass is 124 g/mol. The molecular weight excluding hydrogens is 108 g/mol. The van der Waals surface area contributed by atoms with Gasteiger partial charge in [-0.15, -0.1) is 0 Å². The van der Waals surface area contributed by atoms with Crippen LogP contribution in [0.5, 0.6) is 0 Å². The summed E-state index contributed by atoms with van der Waals surface area (Å²) in [5.41, 5.74) is 0. The fourth-order valence-electron chi connectivity index (χ4n) is 1.21. The average Bonchev–Trinajstić information content (AvgIpc) is 2.63. The maximum Gasteiger partial charge on any atom is -0.0322 e. The van der Waals surface area contributed by atoms with Crippen molar-refractivity contribution in [3.63, 3.8) is 0 Å². The highest BCUT2D eigenvalue weighted by Gasteiger charge is 2.26. The van der Waals surface area contributed by atoms with Crippen molar-refractivity contribution >= 4 is 0 Å². The molecule has 0 spiro atoms. The highest BCUT2D eigenvalue weighted by molar-refractivity contribution is 4.86. The maximum absolute atomic E-state index is 2.36. The lowest BCUT2D eigenvalue weighted by molar-refractivity contribution is 0.516. The molecule has 1 aliphatic rings. The highest BCUT2D eigenvalue weighted by Crippen LogP contribution is 2.38. The summed E-state index contributed by atoms with van der Waals surface area (Å²) in [4.78, 5) is 0. The third kappa shape index (κ3) is 2.21. The highest BCUT2D eigenvalue weighted by atomic mass is 14.3. The predicted octanol–water partition coefficient (Wildman–Crippen LogP) is 3.00. The van der Waals surface area contributed by atoms with Crippen molar-refractivity contribution in [2.75, 3.05) is 0 Å². The zero-order valence-corrected chi connectivity index (χ0v) is 6.43. The molecule has 1 rings (SSSR count). The summed E-state index contributed by atoms with van der Waals surface area (Å²) in [7, 11) is 0. The van der Waals surface area contributed by atoms with E-state index in [1.165, 1.54) is 19.3 Å². The van der Waals surface area contributed by atoms with Crippen LogP contribution in [0.25, 0.3) is 0 Å². The van der Waals surface area contributed by atoms with Crippen LogP contribution < -0.4 is 0 Å². The minimum atomic E-state index is 0.946. The summed E-state index contributed by atoms with van der Waals surface area (Å²) in [6.45, 7) is 4.46. The SMILES string of the molecule is CC=CCC(C)C1CC1. The molecule has 0 N–H and O–H groups in total. The zero-order chi connectivity index (χ0) is 6.69. The van der Waals surface area contributed by atoms with Crippen molar-refractivity contribution in [3.8, 4) is 0 Å². The molecule has 0 aromatic carbocycles. The molecule has 0 bridgehead atoms. The van der Waals surface area contributed by atoms with Gasteiger partial charge in [0.05, 0.1) is 0 Å². The van der Waals surface area contributed by atoms with Crippen molar-refractivity contribution in [1.82, 2.24) is 0 Å². The Kier molecular flexibility index (Phi) is 2.32. The molecule has 0 saturated heterocycles. The lowest BCUT2D eigenvalue weighted by Crippen LogP contribution is -1.93. The van der Waals surface area contributed by atoms with Gasteiger partial charge in [-0.05, 0) is 38.0 Å². The zero-order valence-electron chi connectivity index (χ0n) is 6.43. The number of allylic oxidation sites excluding steroid dienone is 2. The molecule has 0 aliphatic heterocycles. The van der Waals surface area contributed by atoms with E-state index in [1.807, 2.05) is 0 Å². The van der Waals surface area contributed by atoms with Gasteiger partial charge in [0.15, 0.2) is 0 Å². The van der Waals surface area contributed by atoms with Crippen molar-refractivity contribution in [2.24, 2.45) is 11.8 Å². The van der Waals surface area contributed by atoms with E-state index in [9.17, 15) is 0 Å². The van der Waals surface area contributed by atoms with Crippen molar-refractivity contribution in [2.45, 2.75) is 33.1 Å².